The first-order chi connectivity index (χ1) is 20.3. The lowest BCUT2D eigenvalue weighted by molar-refractivity contribution is -0.137. The number of carbonyl (C=O) groups is 1. The van der Waals surface area contributed by atoms with E-state index < -0.39 is 11.7 Å². The standard InChI is InChI=1S/C30H31F3N6OS2/c31-30(32,33)22-13-34-29(37-26(22)24-12-25-27(42-24)28(40)39(9-10-41-25)19-5-6-19)36-23-8-7-20(11-21(23)16-1-2-16)38-14-17-3-4-18(15-38)35-17/h7-8,11-13,16-19,35H,1-6,9-10,14-15H2,(H,34,36,37). The summed E-state index contributed by atoms with van der Waals surface area (Å²) in [5, 5.41) is 6.93. The summed E-state index contributed by atoms with van der Waals surface area (Å²) in [5.74, 6) is 1.19. The van der Waals surface area contributed by atoms with E-state index in [0.29, 0.717) is 34.3 Å². The van der Waals surface area contributed by atoms with Gasteiger partial charge in [0, 0.05) is 66.0 Å². The highest BCUT2D eigenvalue weighted by Crippen LogP contribution is 2.47. The number of rotatable bonds is 6. The van der Waals surface area contributed by atoms with Gasteiger partial charge in [-0.1, -0.05) is 0 Å². The van der Waals surface area contributed by atoms with Crippen LogP contribution in [0.3, 0.4) is 0 Å². The zero-order valence-corrected chi connectivity index (χ0v) is 24.5. The lowest BCUT2D eigenvalue weighted by Crippen LogP contribution is -2.51. The number of nitrogens with zero attached hydrogens (tertiary/aromatic N) is 4. The summed E-state index contributed by atoms with van der Waals surface area (Å²) in [6, 6.07) is 9.36. The van der Waals surface area contributed by atoms with Crippen molar-refractivity contribution >= 4 is 46.3 Å². The molecule has 5 heterocycles. The Kier molecular flexibility index (Phi) is 6.45. The van der Waals surface area contributed by atoms with Crippen LogP contribution in [-0.2, 0) is 6.18 Å². The lowest BCUT2D eigenvalue weighted by atomic mass is 10.1. The van der Waals surface area contributed by atoms with Crippen molar-refractivity contribution in [2.45, 2.75) is 73.6 Å². The van der Waals surface area contributed by atoms with Crippen molar-refractivity contribution in [3.8, 4) is 10.6 Å². The molecule has 2 N–H and O–H groups in total. The summed E-state index contributed by atoms with van der Waals surface area (Å²) in [5.41, 5.74) is 2.10. The van der Waals surface area contributed by atoms with E-state index in [9.17, 15) is 18.0 Å². The molecule has 2 unspecified atom stereocenters. The SMILES string of the molecule is O=C1c2sc(-c3nc(Nc4ccc(N5CC6CCC(C5)N6)cc4C4CC4)ncc3C(F)(F)F)cc2SCCN1C1CC1. The minimum Gasteiger partial charge on any atom is -0.368 e. The van der Waals surface area contributed by atoms with Crippen molar-refractivity contribution in [1.29, 1.82) is 0 Å². The summed E-state index contributed by atoms with van der Waals surface area (Å²) in [6.07, 6.45) is 2.82. The maximum absolute atomic E-state index is 14.2. The molecule has 3 aromatic rings. The van der Waals surface area contributed by atoms with Crippen LogP contribution in [0.15, 0.2) is 35.4 Å². The lowest BCUT2D eigenvalue weighted by Gasteiger charge is -2.35. The molecular formula is C30H31F3N6OS2. The molecule has 8 rings (SSSR count). The third-order valence-electron chi connectivity index (χ3n) is 8.94. The van der Waals surface area contributed by atoms with Gasteiger partial charge in [-0.05, 0) is 74.3 Å². The Morgan fingerprint density at radius 3 is 2.52 bits per heavy atom. The molecular weight excluding hydrogens is 581 g/mol. The van der Waals surface area contributed by atoms with E-state index in [1.165, 1.54) is 30.3 Å². The third kappa shape index (κ3) is 5.05. The number of aromatic nitrogens is 2. The van der Waals surface area contributed by atoms with Gasteiger partial charge in [0.2, 0.25) is 5.95 Å². The van der Waals surface area contributed by atoms with Gasteiger partial charge in [0.1, 0.15) is 10.4 Å². The summed E-state index contributed by atoms with van der Waals surface area (Å²) in [6.45, 7) is 2.64. The van der Waals surface area contributed by atoms with Gasteiger partial charge < -0.3 is 20.4 Å². The molecule has 2 bridgehead atoms. The summed E-state index contributed by atoms with van der Waals surface area (Å²) in [4.78, 5) is 27.7. The largest absolute Gasteiger partial charge is 0.420 e. The number of amides is 1. The number of carbonyl (C=O) groups excluding carboxylic acids is 1. The van der Waals surface area contributed by atoms with Gasteiger partial charge in [-0.25, -0.2) is 9.97 Å². The van der Waals surface area contributed by atoms with Gasteiger partial charge in [-0.15, -0.1) is 23.1 Å². The van der Waals surface area contributed by atoms with Crippen molar-refractivity contribution in [2.24, 2.45) is 0 Å². The Hall–Kier alpha value is -2.83. The molecule has 0 radical (unpaired) electrons. The molecule has 1 aromatic carbocycles. The zero-order valence-electron chi connectivity index (χ0n) is 22.9. The van der Waals surface area contributed by atoms with E-state index in [0.717, 1.165) is 78.2 Å². The molecule has 2 saturated heterocycles. The van der Waals surface area contributed by atoms with Crippen LogP contribution >= 0.6 is 23.1 Å². The average Bonchev–Trinajstić information content (AvgIpc) is 3.90. The second-order valence-corrected chi connectivity index (χ2v) is 14.2. The second kappa shape index (κ2) is 10.1. The molecule has 2 saturated carbocycles. The highest BCUT2D eigenvalue weighted by atomic mass is 32.2. The van der Waals surface area contributed by atoms with Gasteiger partial charge >= 0.3 is 6.18 Å². The van der Waals surface area contributed by atoms with Crippen molar-refractivity contribution in [3.63, 3.8) is 0 Å². The van der Waals surface area contributed by atoms with E-state index in [2.05, 4.69) is 37.6 Å². The Morgan fingerprint density at radius 1 is 1.02 bits per heavy atom. The fraction of sp³-hybridized carbons (Fsp3) is 0.500. The number of alkyl halides is 3. The number of hydrogen-bond acceptors (Lipinski definition) is 8. The van der Waals surface area contributed by atoms with Crippen molar-refractivity contribution in [3.05, 3.63) is 46.5 Å². The van der Waals surface area contributed by atoms with Gasteiger partial charge in [0.25, 0.3) is 5.91 Å². The van der Waals surface area contributed by atoms with Crippen molar-refractivity contribution in [1.82, 2.24) is 20.2 Å². The number of anilines is 3. The monoisotopic (exact) mass is 612 g/mol. The number of nitrogens with one attached hydrogen (secondary N) is 2. The first kappa shape index (κ1) is 26.8. The number of halogens is 3. The second-order valence-electron chi connectivity index (χ2n) is 12.0. The minimum absolute atomic E-state index is 0.0821. The van der Waals surface area contributed by atoms with E-state index in [-0.39, 0.29) is 23.6 Å². The number of thioether (sulfide) groups is 1. The molecule has 5 aliphatic rings. The first-order valence-corrected chi connectivity index (χ1v) is 16.5. The predicted molar refractivity (Wildman–Crippen MR) is 159 cm³/mol. The maximum Gasteiger partial charge on any atom is 0.420 e. The summed E-state index contributed by atoms with van der Waals surface area (Å²) >= 11 is 2.63. The molecule has 1 amide bonds. The molecule has 42 heavy (non-hydrogen) atoms. The Balaban J connectivity index is 1.12. The van der Waals surface area contributed by atoms with Crippen LogP contribution in [0.2, 0.25) is 0 Å². The zero-order chi connectivity index (χ0) is 28.6. The van der Waals surface area contributed by atoms with Gasteiger partial charge in [-0.2, -0.15) is 13.2 Å². The van der Waals surface area contributed by atoms with Crippen LogP contribution in [-0.4, -0.2) is 64.3 Å². The van der Waals surface area contributed by atoms with Gasteiger partial charge in [0.05, 0.1) is 10.6 Å². The molecule has 2 aromatic heterocycles. The van der Waals surface area contributed by atoms with Crippen LogP contribution in [0.25, 0.3) is 10.6 Å². The molecule has 2 aliphatic carbocycles. The summed E-state index contributed by atoms with van der Waals surface area (Å²) in [7, 11) is 0. The molecule has 7 nitrogen and oxygen atoms in total. The maximum atomic E-state index is 14.2. The average molecular weight is 613 g/mol. The van der Waals surface area contributed by atoms with Gasteiger partial charge in [0.15, 0.2) is 0 Å². The van der Waals surface area contributed by atoms with E-state index in [4.69, 9.17) is 0 Å². The van der Waals surface area contributed by atoms with E-state index in [1.54, 1.807) is 6.07 Å². The molecule has 12 heteroatoms. The highest BCUT2D eigenvalue weighted by Gasteiger charge is 2.39. The van der Waals surface area contributed by atoms with Crippen molar-refractivity contribution in [2.75, 3.05) is 35.6 Å². The van der Waals surface area contributed by atoms with Crippen LogP contribution in [0.1, 0.15) is 65.2 Å². The quantitative estimate of drug-likeness (QED) is 0.330. The van der Waals surface area contributed by atoms with Crippen LogP contribution < -0.4 is 15.5 Å². The molecule has 2 atom stereocenters. The van der Waals surface area contributed by atoms with Crippen LogP contribution in [0.4, 0.5) is 30.5 Å². The Labute approximate surface area is 250 Å². The number of thiophene rings is 1. The van der Waals surface area contributed by atoms with Crippen LogP contribution in [0, 0.1) is 0 Å². The number of piperazine rings is 1. The molecule has 220 valence electrons. The normalized spacial score (nSPS) is 24.1. The number of fused-ring (bicyclic) bond motifs is 3. The highest BCUT2D eigenvalue weighted by molar-refractivity contribution is 7.99. The number of hydrogen-bond donors (Lipinski definition) is 2. The third-order valence-corrected chi connectivity index (χ3v) is 11.2. The Morgan fingerprint density at radius 2 is 1.81 bits per heavy atom. The number of benzene rings is 1. The van der Waals surface area contributed by atoms with Gasteiger partial charge in [-0.3, -0.25) is 4.79 Å². The topological polar surface area (TPSA) is 73.4 Å². The smallest absolute Gasteiger partial charge is 0.368 e. The van der Waals surface area contributed by atoms with E-state index in [1.807, 2.05) is 11.0 Å². The van der Waals surface area contributed by atoms with E-state index >= 15 is 0 Å². The molecule has 0 spiro atoms. The first-order valence-electron chi connectivity index (χ1n) is 14.7. The minimum atomic E-state index is -4.63. The fourth-order valence-electron chi connectivity index (χ4n) is 6.53. The summed E-state index contributed by atoms with van der Waals surface area (Å²) < 4.78 is 42.5. The van der Waals surface area contributed by atoms with Crippen LogP contribution in [0.5, 0.6) is 0 Å². The molecule has 4 fully saturated rings. The molecule has 3 aliphatic heterocycles. The predicted octanol–water partition coefficient (Wildman–Crippen LogP) is 6.50. The van der Waals surface area contributed by atoms with Crippen molar-refractivity contribution < 1.29 is 18.0 Å². The Bertz CT molecular complexity index is 1540. The fourth-order valence-corrected chi connectivity index (χ4v) is 8.84.